The summed E-state index contributed by atoms with van der Waals surface area (Å²) in [5.74, 6) is 0.412. The monoisotopic (exact) mass is 207 g/mol. The third-order valence-corrected chi connectivity index (χ3v) is 2.21. The van der Waals surface area contributed by atoms with Gasteiger partial charge in [0.1, 0.15) is 6.33 Å². The number of imidazole rings is 1. The lowest BCUT2D eigenvalue weighted by molar-refractivity contribution is 0.472. The van der Waals surface area contributed by atoms with Crippen LogP contribution in [-0.4, -0.2) is 25.0 Å². The summed E-state index contributed by atoms with van der Waals surface area (Å²) in [6, 6.07) is 0. The van der Waals surface area contributed by atoms with Gasteiger partial charge in [-0.3, -0.25) is 4.79 Å². The van der Waals surface area contributed by atoms with E-state index in [-0.39, 0.29) is 5.56 Å². The molecule has 0 radical (unpaired) electrons. The minimum absolute atomic E-state index is 0.228. The van der Waals surface area contributed by atoms with Crippen LogP contribution >= 0.6 is 0 Å². The molecule has 0 saturated carbocycles. The van der Waals surface area contributed by atoms with E-state index in [2.05, 4.69) is 27.1 Å². The number of aromatic nitrogens is 5. The molecule has 0 aromatic rings. The molecule has 6 heteroatoms. The Morgan fingerprint density at radius 3 is 3.07 bits per heavy atom. The summed E-state index contributed by atoms with van der Waals surface area (Å²) in [4.78, 5) is 20.7. The van der Waals surface area contributed by atoms with Crippen molar-refractivity contribution in [2.45, 2.75) is 32.7 Å². The average Bonchev–Trinajstić information content (AvgIpc) is 2.66. The van der Waals surface area contributed by atoms with Gasteiger partial charge in [-0.15, -0.1) is 5.10 Å². The number of hydrogen-bond donors (Lipinski definition) is 1. The van der Waals surface area contributed by atoms with Crippen molar-refractivity contribution in [2.24, 2.45) is 0 Å². The molecule has 0 fully saturated rings. The number of nitrogens with one attached hydrogen (secondary N) is 1. The van der Waals surface area contributed by atoms with E-state index < -0.39 is 0 Å². The number of aromatic amines is 1. The first kappa shape index (κ1) is 9.82. The predicted molar refractivity (Wildman–Crippen MR) is 54.6 cm³/mol. The molecule has 1 N–H and O–H groups in total. The average molecular weight is 207 g/mol. The van der Waals surface area contributed by atoms with Crippen molar-refractivity contribution in [2.75, 3.05) is 0 Å². The van der Waals surface area contributed by atoms with E-state index in [1.165, 1.54) is 11.1 Å². The summed E-state index contributed by atoms with van der Waals surface area (Å²) in [7, 11) is 0. The molecule has 0 spiro atoms. The minimum Gasteiger partial charge on any atom is -0.265 e. The first-order valence-electron chi connectivity index (χ1n) is 5.09. The van der Waals surface area contributed by atoms with Crippen molar-refractivity contribution in [1.82, 2.24) is 25.0 Å². The van der Waals surface area contributed by atoms with Crippen LogP contribution in [0.3, 0.4) is 0 Å². The molecule has 2 aliphatic heterocycles. The van der Waals surface area contributed by atoms with Gasteiger partial charge in [0.25, 0.3) is 5.56 Å². The number of hydrogen-bond acceptors (Lipinski definition) is 4. The maximum atomic E-state index is 11.5. The van der Waals surface area contributed by atoms with Gasteiger partial charge in [0, 0.05) is 0 Å². The van der Waals surface area contributed by atoms with Gasteiger partial charge >= 0.3 is 0 Å². The molecule has 2 rings (SSSR count). The van der Waals surface area contributed by atoms with E-state index >= 15 is 0 Å². The normalized spacial score (nSPS) is 11.0. The summed E-state index contributed by atoms with van der Waals surface area (Å²) in [5, 5.41) is 6.80. The Labute approximate surface area is 86.7 Å². The summed E-state index contributed by atoms with van der Waals surface area (Å²) in [6.45, 7) is 2.85. The molecule has 2 aliphatic rings. The lowest BCUT2D eigenvalue weighted by atomic mass is 10.2. The molecule has 2 heterocycles. The Bertz CT molecular complexity index is 460. The first-order chi connectivity index (χ1) is 7.31. The highest BCUT2D eigenvalue weighted by atomic mass is 16.1. The van der Waals surface area contributed by atoms with Gasteiger partial charge in [-0.25, -0.2) is 19.9 Å². The molecular formula is C9H13N5O. The van der Waals surface area contributed by atoms with Crippen molar-refractivity contribution in [3.63, 3.8) is 0 Å². The second-order valence-electron chi connectivity index (χ2n) is 3.42. The Balaban J connectivity index is 2.22. The van der Waals surface area contributed by atoms with Gasteiger partial charge < -0.3 is 0 Å². The number of rotatable bonds is 4. The Morgan fingerprint density at radius 1 is 1.40 bits per heavy atom. The fourth-order valence-corrected chi connectivity index (χ4v) is 1.42. The maximum absolute atomic E-state index is 11.5. The van der Waals surface area contributed by atoms with Crippen molar-refractivity contribution in [1.29, 1.82) is 0 Å². The fraction of sp³-hybridized carbons (Fsp3) is 0.556. The van der Waals surface area contributed by atoms with Crippen molar-refractivity contribution >= 4 is 0 Å². The topological polar surface area (TPSA) is 76.5 Å². The Kier molecular flexibility index (Phi) is 2.75. The van der Waals surface area contributed by atoms with E-state index in [9.17, 15) is 4.79 Å². The second kappa shape index (κ2) is 4.20. The third-order valence-electron chi connectivity index (χ3n) is 2.21. The predicted octanol–water partition coefficient (Wildman–Crippen LogP) is 0.656. The number of fused-ring (bicyclic) bond motifs is 1. The highest BCUT2D eigenvalue weighted by Gasteiger charge is 2.12. The van der Waals surface area contributed by atoms with Crippen LogP contribution in [0.2, 0.25) is 0 Å². The second-order valence-corrected chi connectivity index (χ2v) is 3.42. The highest BCUT2D eigenvalue weighted by Crippen LogP contribution is 2.05. The number of nitrogens with zero attached hydrogens (tertiary/aromatic N) is 4. The first-order valence-corrected chi connectivity index (χ1v) is 5.09. The lowest BCUT2D eigenvalue weighted by Gasteiger charge is -2.05. The Hall–Kier alpha value is -1.72. The molecule has 0 bridgehead atoms. The lowest BCUT2D eigenvalue weighted by Crippen LogP contribution is -2.22. The summed E-state index contributed by atoms with van der Waals surface area (Å²) < 4.78 is 0. The molecule has 80 valence electrons. The molecule has 15 heavy (non-hydrogen) atoms. The third kappa shape index (κ3) is 2.03. The van der Waals surface area contributed by atoms with Crippen LogP contribution in [-0.2, 0) is 6.54 Å². The molecule has 0 saturated heterocycles. The summed E-state index contributed by atoms with van der Waals surface area (Å²) >= 11 is 0. The van der Waals surface area contributed by atoms with Gasteiger partial charge in [0.05, 0.1) is 6.54 Å². The summed E-state index contributed by atoms with van der Waals surface area (Å²) in [6.07, 6.45) is 4.62. The van der Waals surface area contributed by atoms with Crippen LogP contribution in [0, 0.1) is 0 Å². The number of unbranched alkanes of at least 4 members (excludes halogenated alkanes) is 2. The van der Waals surface area contributed by atoms with Gasteiger partial charge in [-0.2, -0.15) is 0 Å². The van der Waals surface area contributed by atoms with E-state index in [0.717, 1.165) is 19.3 Å². The standard InChI is InChI=1S/C9H13N5O/c1-2-3-4-5-14-12-8-7(9(15)13-14)10-6-11-8/h6H,2-5H2,1H3,(H,13,15). The molecule has 0 amide bonds. The van der Waals surface area contributed by atoms with Crippen molar-refractivity contribution in [3.05, 3.63) is 16.7 Å². The van der Waals surface area contributed by atoms with Gasteiger partial charge in [0.15, 0.2) is 5.69 Å². The molecule has 0 aromatic heterocycles. The Morgan fingerprint density at radius 2 is 2.27 bits per heavy atom. The summed E-state index contributed by atoms with van der Waals surface area (Å²) in [5.41, 5.74) is 0.0794. The van der Waals surface area contributed by atoms with E-state index in [1.807, 2.05) is 0 Å². The molecule has 6 nitrogen and oxygen atoms in total. The molecule has 0 aromatic carbocycles. The minimum atomic E-state index is -0.228. The SMILES string of the molecule is CCCCCn1nc2ncnc-2c(=O)[nH]1. The maximum Gasteiger partial charge on any atom is 0.293 e. The van der Waals surface area contributed by atoms with Gasteiger partial charge in [0.2, 0.25) is 5.82 Å². The van der Waals surface area contributed by atoms with Crippen LogP contribution in [0.1, 0.15) is 26.2 Å². The fourth-order valence-electron chi connectivity index (χ4n) is 1.42. The van der Waals surface area contributed by atoms with E-state index in [0.29, 0.717) is 18.1 Å². The zero-order chi connectivity index (χ0) is 10.7. The van der Waals surface area contributed by atoms with E-state index in [1.54, 1.807) is 0 Å². The quantitative estimate of drug-likeness (QED) is 0.747. The largest absolute Gasteiger partial charge is 0.293 e. The highest BCUT2D eigenvalue weighted by molar-refractivity contribution is 5.46. The smallest absolute Gasteiger partial charge is 0.265 e. The van der Waals surface area contributed by atoms with Crippen LogP contribution in [0.25, 0.3) is 11.5 Å². The van der Waals surface area contributed by atoms with Crippen LogP contribution < -0.4 is 5.56 Å². The number of H-pyrrole nitrogens is 1. The molecule has 0 atom stereocenters. The van der Waals surface area contributed by atoms with Crippen LogP contribution in [0.5, 0.6) is 0 Å². The molecule has 0 unspecified atom stereocenters. The van der Waals surface area contributed by atoms with Gasteiger partial charge in [-0.05, 0) is 6.42 Å². The van der Waals surface area contributed by atoms with Crippen LogP contribution in [0.4, 0.5) is 0 Å². The molecular weight excluding hydrogens is 194 g/mol. The van der Waals surface area contributed by atoms with Crippen molar-refractivity contribution in [3.8, 4) is 11.5 Å². The molecule has 0 aliphatic carbocycles. The van der Waals surface area contributed by atoms with Crippen LogP contribution in [0.15, 0.2) is 11.1 Å². The van der Waals surface area contributed by atoms with E-state index in [4.69, 9.17) is 0 Å². The number of aryl methyl sites for hydroxylation is 1. The zero-order valence-corrected chi connectivity index (χ0v) is 8.60. The van der Waals surface area contributed by atoms with Gasteiger partial charge in [-0.1, -0.05) is 19.8 Å². The zero-order valence-electron chi connectivity index (χ0n) is 8.60. The van der Waals surface area contributed by atoms with Crippen molar-refractivity contribution < 1.29 is 0 Å².